The van der Waals surface area contributed by atoms with Gasteiger partial charge in [-0.3, -0.25) is 0 Å². The monoisotopic (exact) mass is 233 g/mol. The Morgan fingerprint density at radius 1 is 1.41 bits per heavy atom. The molecule has 17 heavy (non-hydrogen) atoms. The predicted molar refractivity (Wildman–Crippen MR) is 68.5 cm³/mol. The van der Waals surface area contributed by atoms with Gasteiger partial charge >= 0.3 is 0 Å². The van der Waals surface area contributed by atoms with Crippen LogP contribution in [0.15, 0.2) is 18.2 Å². The van der Waals surface area contributed by atoms with E-state index in [4.69, 9.17) is 10.5 Å². The summed E-state index contributed by atoms with van der Waals surface area (Å²) in [6, 6.07) is 6.13. The number of hydrogen-bond acceptors (Lipinski definition) is 3. The van der Waals surface area contributed by atoms with Crippen molar-refractivity contribution in [2.75, 3.05) is 0 Å². The van der Waals surface area contributed by atoms with Gasteiger partial charge in [0, 0.05) is 13.6 Å². The van der Waals surface area contributed by atoms with Crippen molar-refractivity contribution in [1.82, 2.24) is 9.55 Å². The molecule has 1 aromatic heterocycles. The molecule has 0 bridgehead atoms. The van der Waals surface area contributed by atoms with Crippen LogP contribution in [-0.4, -0.2) is 15.7 Å². The number of hydrogen-bond donors (Lipinski definition) is 1. The third kappa shape index (κ3) is 2.48. The minimum Gasteiger partial charge on any atom is -0.371 e. The maximum Gasteiger partial charge on any atom is 0.135 e. The summed E-state index contributed by atoms with van der Waals surface area (Å²) in [7, 11) is 2.01. The number of nitrogens with two attached hydrogens (primary N) is 1. The summed E-state index contributed by atoms with van der Waals surface area (Å²) in [5.74, 6) is 0.947. The maximum atomic E-state index is 5.62. The molecule has 0 saturated carbocycles. The van der Waals surface area contributed by atoms with E-state index in [9.17, 15) is 0 Å². The molecule has 0 aliphatic rings. The van der Waals surface area contributed by atoms with E-state index in [-0.39, 0.29) is 6.10 Å². The molecule has 0 aliphatic heterocycles. The molecule has 1 aromatic carbocycles. The van der Waals surface area contributed by atoms with E-state index in [2.05, 4.69) is 15.6 Å². The molecular weight excluding hydrogens is 214 g/mol. The Bertz CT molecular complexity index is 517. The first-order chi connectivity index (χ1) is 8.11. The molecule has 1 heterocycles. The Balaban J connectivity index is 2.34. The van der Waals surface area contributed by atoms with Gasteiger partial charge in [0.25, 0.3) is 0 Å². The molecule has 4 heteroatoms. The lowest BCUT2D eigenvalue weighted by Crippen LogP contribution is -2.06. The highest BCUT2D eigenvalue weighted by Crippen LogP contribution is 2.17. The average molecular weight is 233 g/mol. The summed E-state index contributed by atoms with van der Waals surface area (Å²) < 4.78 is 7.65. The number of rotatable bonds is 4. The molecule has 0 radical (unpaired) electrons. The molecule has 0 fully saturated rings. The quantitative estimate of drug-likeness (QED) is 0.878. The van der Waals surface area contributed by atoms with E-state index in [0.29, 0.717) is 13.2 Å². The number of imidazole rings is 1. The van der Waals surface area contributed by atoms with Crippen molar-refractivity contribution in [3.05, 3.63) is 29.6 Å². The SMILES string of the molecule is CC(C)OCc1nc2cc(CN)ccc2n1C. The van der Waals surface area contributed by atoms with Gasteiger partial charge in [0.15, 0.2) is 0 Å². The lowest BCUT2D eigenvalue weighted by atomic mass is 10.2. The Morgan fingerprint density at radius 3 is 2.82 bits per heavy atom. The Kier molecular flexibility index (Phi) is 3.45. The topological polar surface area (TPSA) is 53.1 Å². The number of ether oxygens (including phenoxy) is 1. The van der Waals surface area contributed by atoms with E-state index in [0.717, 1.165) is 22.4 Å². The van der Waals surface area contributed by atoms with Crippen LogP contribution in [0.4, 0.5) is 0 Å². The Labute approximate surface area is 101 Å². The zero-order valence-corrected chi connectivity index (χ0v) is 10.6. The average Bonchev–Trinajstić information content (AvgIpc) is 2.63. The molecule has 92 valence electrons. The first kappa shape index (κ1) is 12.1. The van der Waals surface area contributed by atoms with Crippen LogP contribution in [0, 0.1) is 0 Å². The molecule has 0 atom stereocenters. The largest absolute Gasteiger partial charge is 0.371 e. The van der Waals surface area contributed by atoms with Crippen LogP contribution in [0.5, 0.6) is 0 Å². The van der Waals surface area contributed by atoms with E-state index in [1.807, 2.05) is 33.0 Å². The van der Waals surface area contributed by atoms with Gasteiger partial charge in [-0.25, -0.2) is 4.98 Å². The van der Waals surface area contributed by atoms with E-state index in [1.165, 1.54) is 0 Å². The van der Waals surface area contributed by atoms with Gasteiger partial charge in [0.05, 0.1) is 17.1 Å². The van der Waals surface area contributed by atoms with Crippen LogP contribution in [0.1, 0.15) is 25.2 Å². The number of aryl methyl sites for hydroxylation is 1. The van der Waals surface area contributed by atoms with Crippen molar-refractivity contribution in [2.45, 2.75) is 33.1 Å². The second-order valence-corrected chi connectivity index (χ2v) is 4.47. The summed E-state index contributed by atoms with van der Waals surface area (Å²) in [5, 5.41) is 0. The highest BCUT2D eigenvalue weighted by Gasteiger charge is 2.08. The zero-order valence-electron chi connectivity index (χ0n) is 10.6. The molecule has 2 N–H and O–H groups in total. The van der Waals surface area contributed by atoms with Gasteiger partial charge in [-0.2, -0.15) is 0 Å². The minimum absolute atomic E-state index is 0.217. The lowest BCUT2D eigenvalue weighted by Gasteiger charge is -2.07. The summed E-state index contributed by atoms with van der Waals surface area (Å²) in [6.07, 6.45) is 0.217. The van der Waals surface area contributed by atoms with Crippen molar-refractivity contribution >= 4 is 11.0 Å². The van der Waals surface area contributed by atoms with Crippen LogP contribution in [0.3, 0.4) is 0 Å². The van der Waals surface area contributed by atoms with Gasteiger partial charge in [0.2, 0.25) is 0 Å². The summed E-state index contributed by atoms with van der Waals surface area (Å²) in [5.41, 5.74) is 8.83. The fourth-order valence-corrected chi connectivity index (χ4v) is 1.79. The standard InChI is InChI=1S/C13H19N3O/c1-9(2)17-8-13-15-11-6-10(7-14)4-5-12(11)16(13)3/h4-6,9H,7-8,14H2,1-3H3. The van der Waals surface area contributed by atoms with Crippen LogP contribution in [0.2, 0.25) is 0 Å². The maximum absolute atomic E-state index is 5.62. The van der Waals surface area contributed by atoms with Gasteiger partial charge < -0.3 is 15.0 Å². The Hall–Kier alpha value is -1.39. The first-order valence-corrected chi connectivity index (χ1v) is 5.87. The van der Waals surface area contributed by atoms with E-state index < -0.39 is 0 Å². The number of aromatic nitrogens is 2. The summed E-state index contributed by atoms with van der Waals surface area (Å²) >= 11 is 0. The number of fused-ring (bicyclic) bond motifs is 1. The molecule has 2 aromatic rings. The highest BCUT2D eigenvalue weighted by atomic mass is 16.5. The van der Waals surface area contributed by atoms with Gasteiger partial charge in [-0.15, -0.1) is 0 Å². The van der Waals surface area contributed by atoms with Crippen LogP contribution < -0.4 is 5.73 Å². The van der Waals surface area contributed by atoms with Gasteiger partial charge in [-0.05, 0) is 31.5 Å². The van der Waals surface area contributed by atoms with Crippen LogP contribution >= 0.6 is 0 Å². The highest BCUT2D eigenvalue weighted by molar-refractivity contribution is 5.76. The Morgan fingerprint density at radius 2 is 2.18 bits per heavy atom. The third-order valence-corrected chi connectivity index (χ3v) is 2.82. The van der Waals surface area contributed by atoms with E-state index in [1.54, 1.807) is 0 Å². The second-order valence-electron chi connectivity index (χ2n) is 4.47. The smallest absolute Gasteiger partial charge is 0.135 e. The van der Waals surface area contributed by atoms with Gasteiger partial charge in [0.1, 0.15) is 12.4 Å². The third-order valence-electron chi connectivity index (χ3n) is 2.82. The van der Waals surface area contributed by atoms with Crippen molar-refractivity contribution in [3.63, 3.8) is 0 Å². The molecule has 0 spiro atoms. The molecular formula is C13H19N3O. The number of benzene rings is 1. The fraction of sp³-hybridized carbons (Fsp3) is 0.462. The number of nitrogens with zero attached hydrogens (tertiary/aromatic N) is 2. The van der Waals surface area contributed by atoms with Crippen LogP contribution in [0.25, 0.3) is 11.0 Å². The van der Waals surface area contributed by atoms with Crippen LogP contribution in [-0.2, 0) is 24.9 Å². The second kappa shape index (κ2) is 4.85. The molecule has 4 nitrogen and oxygen atoms in total. The van der Waals surface area contributed by atoms with E-state index >= 15 is 0 Å². The normalized spacial score (nSPS) is 11.6. The van der Waals surface area contributed by atoms with Gasteiger partial charge in [-0.1, -0.05) is 6.07 Å². The fourth-order valence-electron chi connectivity index (χ4n) is 1.79. The zero-order chi connectivity index (χ0) is 12.4. The summed E-state index contributed by atoms with van der Waals surface area (Å²) in [6.45, 7) is 5.13. The van der Waals surface area contributed by atoms with Crippen molar-refractivity contribution in [2.24, 2.45) is 12.8 Å². The molecule has 0 aliphatic carbocycles. The minimum atomic E-state index is 0.217. The lowest BCUT2D eigenvalue weighted by molar-refractivity contribution is 0.0602. The molecule has 0 saturated heterocycles. The molecule has 0 unspecified atom stereocenters. The molecule has 0 amide bonds. The predicted octanol–water partition coefficient (Wildman–Crippen LogP) is 1.96. The van der Waals surface area contributed by atoms with Crippen molar-refractivity contribution in [1.29, 1.82) is 0 Å². The first-order valence-electron chi connectivity index (χ1n) is 5.87. The summed E-state index contributed by atoms with van der Waals surface area (Å²) in [4.78, 5) is 4.58. The van der Waals surface area contributed by atoms with Crippen molar-refractivity contribution < 1.29 is 4.74 Å². The van der Waals surface area contributed by atoms with Crippen molar-refractivity contribution in [3.8, 4) is 0 Å². The molecule has 2 rings (SSSR count).